The summed E-state index contributed by atoms with van der Waals surface area (Å²) >= 11 is 12.4. The maximum Gasteiger partial charge on any atom is 0.271 e. The average Bonchev–Trinajstić information content (AvgIpc) is 3.00. The molecule has 0 aliphatic carbocycles. The monoisotopic (exact) mass is 437 g/mol. The van der Waals surface area contributed by atoms with E-state index in [1.54, 1.807) is 18.2 Å². The molecule has 0 saturated heterocycles. The van der Waals surface area contributed by atoms with Gasteiger partial charge in [-0.3, -0.25) is 4.79 Å². The minimum Gasteiger partial charge on any atom is -0.370 e. The average molecular weight is 438 g/mol. The second-order valence-corrected chi connectivity index (χ2v) is 7.53. The molecule has 1 aliphatic rings. The maximum absolute atomic E-state index is 14.0. The van der Waals surface area contributed by atoms with Crippen molar-refractivity contribution in [3.8, 4) is 0 Å². The summed E-state index contributed by atoms with van der Waals surface area (Å²) in [6.45, 7) is 0. The van der Waals surface area contributed by atoms with E-state index in [9.17, 15) is 4.79 Å². The largest absolute Gasteiger partial charge is 0.370 e. The standard InChI is InChI=1S/C22H17Cl2N5O/c23-16-11-17(24)13-18(12-16)29-19(30)22(14-7-3-1-4-8-14,15-9-5-2-6-10-15)28-21(29)27-20(25)26/h1-13H,(H4,25,26,27,28). The van der Waals surface area contributed by atoms with Crippen LogP contribution in [0.15, 0.2) is 88.8 Å². The third kappa shape index (κ3) is 3.40. The van der Waals surface area contributed by atoms with E-state index in [0.29, 0.717) is 26.9 Å². The lowest BCUT2D eigenvalue weighted by Crippen LogP contribution is -2.42. The van der Waals surface area contributed by atoms with Crippen molar-refractivity contribution < 1.29 is 4.79 Å². The number of nitrogens with zero attached hydrogens (tertiary/aromatic N) is 3. The highest BCUT2D eigenvalue weighted by molar-refractivity contribution is 6.36. The number of rotatable bonds is 3. The maximum atomic E-state index is 14.0. The molecule has 6 nitrogen and oxygen atoms in total. The second kappa shape index (κ2) is 7.82. The van der Waals surface area contributed by atoms with E-state index in [2.05, 4.69) is 4.99 Å². The van der Waals surface area contributed by atoms with Crippen LogP contribution in [0.4, 0.5) is 5.69 Å². The smallest absolute Gasteiger partial charge is 0.271 e. The molecule has 1 heterocycles. The van der Waals surface area contributed by atoms with Crippen LogP contribution in [0.3, 0.4) is 0 Å². The first-order valence-corrected chi connectivity index (χ1v) is 9.78. The van der Waals surface area contributed by atoms with Crippen LogP contribution < -0.4 is 16.4 Å². The molecule has 0 aromatic heterocycles. The fourth-order valence-electron chi connectivity index (χ4n) is 3.49. The Hall–Kier alpha value is -3.35. The summed E-state index contributed by atoms with van der Waals surface area (Å²) in [5.74, 6) is -0.527. The molecule has 30 heavy (non-hydrogen) atoms. The van der Waals surface area contributed by atoms with E-state index >= 15 is 0 Å². The highest BCUT2D eigenvalue weighted by Gasteiger charge is 2.52. The first kappa shape index (κ1) is 19.9. The lowest BCUT2D eigenvalue weighted by atomic mass is 9.83. The molecule has 1 amide bonds. The van der Waals surface area contributed by atoms with Gasteiger partial charge in [0.2, 0.25) is 5.96 Å². The van der Waals surface area contributed by atoms with Gasteiger partial charge in [-0.05, 0) is 29.3 Å². The molecule has 4 N–H and O–H groups in total. The Kier molecular flexibility index (Phi) is 5.20. The third-order valence-electron chi connectivity index (χ3n) is 4.70. The lowest BCUT2D eigenvalue weighted by molar-refractivity contribution is -0.120. The SMILES string of the molecule is NC(N)=NC1=NC(c2ccccc2)(c2ccccc2)C(=O)N1c1cc(Cl)cc(Cl)c1. The molecule has 0 saturated carbocycles. The summed E-state index contributed by atoms with van der Waals surface area (Å²) < 4.78 is 0. The van der Waals surface area contributed by atoms with Gasteiger partial charge >= 0.3 is 0 Å². The number of anilines is 1. The predicted molar refractivity (Wildman–Crippen MR) is 121 cm³/mol. The number of aliphatic imine (C=N–C) groups is 2. The zero-order valence-electron chi connectivity index (χ0n) is 15.7. The van der Waals surface area contributed by atoms with Crippen LogP contribution in [0.2, 0.25) is 10.0 Å². The minimum absolute atomic E-state index is 0.0473. The van der Waals surface area contributed by atoms with E-state index < -0.39 is 5.54 Å². The molecule has 8 heteroatoms. The normalized spacial score (nSPS) is 15.1. The third-order valence-corrected chi connectivity index (χ3v) is 5.13. The van der Waals surface area contributed by atoms with E-state index in [0.717, 1.165) is 0 Å². The van der Waals surface area contributed by atoms with Crippen LogP contribution in [-0.4, -0.2) is 17.8 Å². The molecule has 0 fully saturated rings. The quantitative estimate of drug-likeness (QED) is 0.479. The first-order valence-electron chi connectivity index (χ1n) is 9.03. The van der Waals surface area contributed by atoms with Gasteiger partial charge in [-0.15, -0.1) is 0 Å². The van der Waals surface area contributed by atoms with Gasteiger partial charge in [0.05, 0.1) is 5.69 Å². The summed E-state index contributed by atoms with van der Waals surface area (Å²) in [6, 6.07) is 23.3. The fourth-order valence-corrected chi connectivity index (χ4v) is 4.01. The van der Waals surface area contributed by atoms with E-state index in [1.165, 1.54) is 4.90 Å². The van der Waals surface area contributed by atoms with Crippen LogP contribution in [0.1, 0.15) is 11.1 Å². The number of guanidine groups is 2. The Bertz CT molecular complexity index is 1100. The molecule has 0 spiro atoms. The van der Waals surface area contributed by atoms with Crippen LogP contribution in [0.25, 0.3) is 0 Å². The molecule has 4 rings (SSSR count). The molecular weight excluding hydrogens is 421 g/mol. The van der Waals surface area contributed by atoms with E-state index in [1.807, 2.05) is 60.7 Å². The van der Waals surface area contributed by atoms with Gasteiger partial charge < -0.3 is 11.5 Å². The molecule has 3 aromatic rings. The van der Waals surface area contributed by atoms with Crippen molar-refractivity contribution in [1.82, 2.24) is 0 Å². The molecule has 1 aliphatic heterocycles. The van der Waals surface area contributed by atoms with Crippen molar-refractivity contribution in [1.29, 1.82) is 0 Å². The van der Waals surface area contributed by atoms with Crippen molar-refractivity contribution in [3.63, 3.8) is 0 Å². The Morgan fingerprint density at radius 3 is 1.83 bits per heavy atom. The molecule has 0 radical (unpaired) electrons. The number of carbonyl (C=O) groups excluding carboxylic acids is 1. The van der Waals surface area contributed by atoms with Crippen molar-refractivity contribution in [2.75, 3.05) is 4.90 Å². The van der Waals surface area contributed by atoms with Gasteiger partial charge in [0.1, 0.15) is 0 Å². The zero-order chi connectivity index (χ0) is 21.3. The number of nitrogens with two attached hydrogens (primary N) is 2. The minimum atomic E-state index is -1.37. The van der Waals surface area contributed by atoms with Gasteiger partial charge in [0.25, 0.3) is 5.91 Å². The highest BCUT2D eigenvalue weighted by Crippen LogP contribution is 2.42. The number of benzene rings is 3. The highest BCUT2D eigenvalue weighted by atomic mass is 35.5. The topological polar surface area (TPSA) is 97.1 Å². The van der Waals surface area contributed by atoms with Crippen molar-refractivity contribution in [2.45, 2.75) is 5.54 Å². The molecule has 150 valence electrons. The molecule has 0 unspecified atom stereocenters. The van der Waals surface area contributed by atoms with Gasteiger partial charge in [-0.25, -0.2) is 9.89 Å². The number of amides is 1. The number of hydrogen-bond donors (Lipinski definition) is 2. The predicted octanol–water partition coefficient (Wildman–Crippen LogP) is 3.91. The van der Waals surface area contributed by atoms with Crippen LogP contribution in [-0.2, 0) is 10.3 Å². The fraction of sp³-hybridized carbons (Fsp3) is 0.0455. The van der Waals surface area contributed by atoms with Gasteiger partial charge in [-0.1, -0.05) is 83.9 Å². The Balaban J connectivity index is 2.01. The van der Waals surface area contributed by atoms with Crippen molar-refractivity contribution in [2.24, 2.45) is 21.5 Å². The number of halogens is 2. The summed E-state index contributed by atoms with van der Waals surface area (Å²) in [6.07, 6.45) is 0. The Labute approximate surface area is 183 Å². The molecule has 0 atom stereocenters. The second-order valence-electron chi connectivity index (χ2n) is 6.66. The number of carbonyl (C=O) groups is 1. The van der Waals surface area contributed by atoms with Crippen LogP contribution in [0.5, 0.6) is 0 Å². The van der Waals surface area contributed by atoms with Gasteiger partial charge in [-0.2, -0.15) is 4.99 Å². The summed E-state index contributed by atoms with van der Waals surface area (Å²) in [5, 5.41) is 0.734. The summed E-state index contributed by atoms with van der Waals surface area (Å²) in [4.78, 5) is 24.2. The van der Waals surface area contributed by atoms with E-state index in [4.69, 9.17) is 39.7 Å². The van der Waals surface area contributed by atoms with Crippen molar-refractivity contribution in [3.05, 3.63) is 100 Å². The zero-order valence-corrected chi connectivity index (χ0v) is 17.2. The van der Waals surface area contributed by atoms with Crippen molar-refractivity contribution >= 4 is 46.7 Å². The Morgan fingerprint density at radius 2 is 1.37 bits per heavy atom. The van der Waals surface area contributed by atoms with Gasteiger partial charge in [0.15, 0.2) is 11.5 Å². The van der Waals surface area contributed by atoms with E-state index in [-0.39, 0.29) is 17.8 Å². The first-order chi connectivity index (χ1) is 14.4. The molecule has 0 bridgehead atoms. The summed E-state index contributed by atoms with van der Waals surface area (Å²) in [7, 11) is 0. The van der Waals surface area contributed by atoms with Gasteiger partial charge in [0, 0.05) is 10.0 Å². The lowest BCUT2D eigenvalue weighted by Gasteiger charge is -2.27. The number of hydrogen-bond acceptors (Lipinski definition) is 3. The Morgan fingerprint density at radius 1 is 0.867 bits per heavy atom. The van der Waals surface area contributed by atoms with Crippen LogP contribution in [0, 0.1) is 0 Å². The molecule has 3 aromatic carbocycles. The van der Waals surface area contributed by atoms with Crippen LogP contribution >= 0.6 is 23.2 Å². The molecular formula is C22H17Cl2N5O. The summed E-state index contributed by atoms with van der Waals surface area (Å²) in [5.41, 5.74) is 11.7.